The molecule has 1 atom stereocenters. The fourth-order valence-electron chi connectivity index (χ4n) is 1.62. The van der Waals surface area contributed by atoms with E-state index < -0.39 is 18.0 Å². The molecular weight excluding hydrogens is 258 g/mol. The van der Waals surface area contributed by atoms with Crippen molar-refractivity contribution in [3.05, 3.63) is 35.9 Å². The maximum absolute atomic E-state index is 11.7. The van der Waals surface area contributed by atoms with Gasteiger partial charge in [-0.3, -0.25) is 14.9 Å². The SMILES string of the molecule is CCC(NC(C)=O)C(=O)NC(=O)NCc1ccccc1. The molecule has 108 valence electrons. The van der Waals surface area contributed by atoms with E-state index in [0.717, 1.165) is 5.56 Å². The Morgan fingerprint density at radius 3 is 2.35 bits per heavy atom. The van der Waals surface area contributed by atoms with Gasteiger partial charge in [-0.05, 0) is 12.0 Å². The van der Waals surface area contributed by atoms with Gasteiger partial charge in [0.15, 0.2) is 0 Å². The highest BCUT2D eigenvalue weighted by Crippen LogP contribution is 1.97. The van der Waals surface area contributed by atoms with E-state index in [1.54, 1.807) is 6.92 Å². The van der Waals surface area contributed by atoms with Crippen molar-refractivity contribution in [2.75, 3.05) is 0 Å². The highest BCUT2D eigenvalue weighted by atomic mass is 16.2. The standard InChI is InChI=1S/C14H19N3O3/c1-3-12(16-10(2)18)13(19)17-14(20)15-9-11-7-5-4-6-8-11/h4-8,12H,3,9H2,1-2H3,(H,16,18)(H2,15,17,19,20). The van der Waals surface area contributed by atoms with Crippen molar-refractivity contribution in [3.63, 3.8) is 0 Å². The van der Waals surface area contributed by atoms with Crippen LogP contribution in [0.25, 0.3) is 0 Å². The molecule has 0 fully saturated rings. The number of carbonyl (C=O) groups excluding carboxylic acids is 3. The van der Waals surface area contributed by atoms with E-state index in [-0.39, 0.29) is 5.91 Å². The van der Waals surface area contributed by atoms with Crippen LogP contribution in [-0.4, -0.2) is 23.9 Å². The Morgan fingerprint density at radius 2 is 1.80 bits per heavy atom. The predicted molar refractivity (Wildman–Crippen MR) is 74.7 cm³/mol. The lowest BCUT2D eigenvalue weighted by Crippen LogP contribution is -2.50. The highest BCUT2D eigenvalue weighted by Gasteiger charge is 2.19. The minimum absolute atomic E-state index is 0.309. The fraction of sp³-hybridized carbons (Fsp3) is 0.357. The van der Waals surface area contributed by atoms with Crippen LogP contribution in [0.1, 0.15) is 25.8 Å². The summed E-state index contributed by atoms with van der Waals surface area (Å²) in [6.07, 6.45) is 0.414. The average molecular weight is 277 g/mol. The molecule has 0 aliphatic carbocycles. The summed E-state index contributed by atoms with van der Waals surface area (Å²) in [5.74, 6) is -0.829. The molecule has 0 saturated carbocycles. The maximum Gasteiger partial charge on any atom is 0.321 e. The number of benzene rings is 1. The molecule has 4 amide bonds. The molecule has 6 heteroatoms. The molecule has 0 saturated heterocycles. The zero-order valence-corrected chi connectivity index (χ0v) is 11.6. The van der Waals surface area contributed by atoms with Crippen molar-refractivity contribution >= 4 is 17.8 Å². The van der Waals surface area contributed by atoms with Crippen molar-refractivity contribution in [3.8, 4) is 0 Å². The minimum atomic E-state index is -0.699. The minimum Gasteiger partial charge on any atom is -0.345 e. The number of imide groups is 1. The molecule has 20 heavy (non-hydrogen) atoms. The first-order valence-electron chi connectivity index (χ1n) is 6.42. The lowest BCUT2D eigenvalue weighted by molar-refractivity contribution is -0.127. The molecule has 0 bridgehead atoms. The molecule has 0 aromatic heterocycles. The van der Waals surface area contributed by atoms with Crippen molar-refractivity contribution in [1.29, 1.82) is 0 Å². The second kappa shape index (κ2) is 7.93. The van der Waals surface area contributed by atoms with Gasteiger partial charge in [0.2, 0.25) is 5.91 Å². The summed E-state index contributed by atoms with van der Waals surface area (Å²) in [5.41, 5.74) is 0.934. The number of nitrogens with one attached hydrogen (secondary N) is 3. The molecule has 1 rings (SSSR count). The smallest absolute Gasteiger partial charge is 0.321 e. The molecule has 0 spiro atoms. The molecule has 6 nitrogen and oxygen atoms in total. The third-order valence-electron chi connectivity index (χ3n) is 2.63. The topological polar surface area (TPSA) is 87.3 Å². The van der Waals surface area contributed by atoms with Crippen molar-refractivity contribution < 1.29 is 14.4 Å². The van der Waals surface area contributed by atoms with E-state index in [4.69, 9.17) is 0 Å². The summed E-state index contributed by atoms with van der Waals surface area (Å²) in [4.78, 5) is 34.2. The zero-order chi connectivity index (χ0) is 15.0. The number of urea groups is 1. The van der Waals surface area contributed by atoms with E-state index in [2.05, 4.69) is 16.0 Å². The van der Waals surface area contributed by atoms with Crippen molar-refractivity contribution in [2.45, 2.75) is 32.9 Å². The summed E-state index contributed by atoms with van der Waals surface area (Å²) in [6, 6.07) is 8.07. The third kappa shape index (κ3) is 5.51. The fourth-order valence-corrected chi connectivity index (χ4v) is 1.62. The van der Waals surface area contributed by atoms with Gasteiger partial charge in [-0.1, -0.05) is 37.3 Å². The first kappa shape index (κ1) is 15.7. The molecule has 1 aromatic rings. The van der Waals surface area contributed by atoms with E-state index in [0.29, 0.717) is 13.0 Å². The van der Waals surface area contributed by atoms with E-state index >= 15 is 0 Å². The summed E-state index contributed by atoms with van der Waals surface area (Å²) in [7, 11) is 0. The molecule has 1 unspecified atom stereocenters. The molecule has 0 heterocycles. The Bertz CT molecular complexity index is 474. The lowest BCUT2D eigenvalue weighted by atomic mass is 10.2. The Labute approximate surface area is 117 Å². The first-order chi connectivity index (χ1) is 9.52. The quantitative estimate of drug-likeness (QED) is 0.748. The van der Waals surface area contributed by atoms with Gasteiger partial charge in [0.05, 0.1) is 0 Å². The van der Waals surface area contributed by atoms with E-state index in [1.807, 2.05) is 30.3 Å². The van der Waals surface area contributed by atoms with Crippen LogP contribution in [0.3, 0.4) is 0 Å². The van der Waals surface area contributed by atoms with Gasteiger partial charge in [-0.15, -0.1) is 0 Å². The van der Waals surface area contributed by atoms with Crippen molar-refractivity contribution in [2.24, 2.45) is 0 Å². The van der Waals surface area contributed by atoms with Crippen LogP contribution in [0.15, 0.2) is 30.3 Å². The highest BCUT2D eigenvalue weighted by molar-refractivity contribution is 5.98. The predicted octanol–water partition coefficient (Wildman–Crippen LogP) is 0.927. The van der Waals surface area contributed by atoms with Crippen LogP contribution in [-0.2, 0) is 16.1 Å². The van der Waals surface area contributed by atoms with E-state index in [9.17, 15) is 14.4 Å². The van der Waals surface area contributed by atoms with Crippen LogP contribution in [0, 0.1) is 0 Å². The summed E-state index contributed by atoms with van der Waals surface area (Å²) in [5, 5.41) is 7.26. The molecule has 0 aliphatic rings. The second-order valence-corrected chi connectivity index (χ2v) is 4.32. The van der Waals surface area contributed by atoms with Gasteiger partial charge >= 0.3 is 6.03 Å². The molecule has 0 aliphatic heterocycles. The number of hydrogen-bond acceptors (Lipinski definition) is 3. The Kier molecular flexibility index (Phi) is 6.22. The normalized spacial score (nSPS) is 11.3. The maximum atomic E-state index is 11.7. The van der Waals surface area contributed by atoms with Crippen LogP contribution in [0.2, 0.25) is 0 Å². The second-order valence-electron chi connectivity index (χ2n) is 4.32. The number of carbonyl (C=O) groups is 3. The molecule has 1 aromatic carbocycles. The van der Waals surface area contributed by atoms with Crippen LogP contribution in [0.5, 0.6) is 0 Å². The molecule has 0 radical (unpaired) electrons. The largest absolute Gasteiger partial charge is 0.345 e. The molecular formula is C14H19N3O3. The monoisotopic (exact) mass is 277 g/mol. The summed E-state index contributed by atoms with van der Waals surface area (Å²) in [6.45, 7) is 3.41. The Balaban J connectivity index is 2.41. The van der Waals surface area contributed by atoms with Crippen LogP contribution in [0.4, 0.5) is 4.79 Å². The number of amides is 4. The zero-order valence-electron chi connectivity index (χ0n) is 11.6. The summed E-state index contributed by atoms with van der Waals surface area (Å²) >= 11 is 0. The Hall–Kier alpha value is -2.37. The average Bonchev–Trinajstić information content (AvgIpc) is 2.43. The third-order valence-corrected chi connectivity index (χ3v) is 2.63. The van der Waals surface area contributed by atoms with Gasteiger partial charge in [0.1, 0.15) is 6.04 Å². The van der Waals surface area contributed by atoms with Gasteiger partial charge in [-0.25, -0.2) is 4.79 Å². The lowest BCUT2D eigenvalue weighted by Gasteiger charge is -2.15. The van der Waals surface area contributed by atoms with E-state index in [1.165, 1.54) is 6.92 Å². The molecule has 3 N–H and O–H groups in total. The van der Waals surface area contributed by atoms with Crippen molar-refractivity contribution in [1.82, 2.24) is 16.0 Å². The number of hydrogen-bond donors (Lipinski definition) is 3. The Morgan fingerprint density at radius 1 is 1.15 bits per heavy atom. The number of rotatable bonds is 5. The summed E-state index contributed by atoms with van der Waals surface area (Å²) < 4.78 is 0. The van der Waals surface area contributed by atoms with Gasteiger partial charge in [0.25, 0.3) is 5.91 Å². The first-order valence-corrected chi connectivity index (χ1v) is 6.42. The van der Waals surface area contributed by atoms with Gasteiger partial charge in [-0.2, -0.15) is 0 Å². The van der Waals surface area contributed by atoms with Gasteiger partial charge < -0.3 is 10.6 Å². The van der Waals surface area contributed by atoms with Crippen LogP contribution < -0.4 is 16.0 Å². The van der Waals surface area contributed by atoms with Gasteiger partial charge in [0, 0.05) is 13.5 Å². The van der Waals surface area contributed by atoms with Crippen LogP contribution >= 0.6 is 0 Å².